The Labute approximate surface area is 230 Å². The zero-order chi connectivity index (χ0) is 26.8. The Morgan fingerprint density at radius 2 is 1.82 bits per heavy atom. The standard InChI is InChI=1S/C30H36N8O/c1-21-14-17-36(26-20-25(34-35-30(26)31)24-8-2-3-9-27(24)39)18-19-37(21)29-13-15-32-28(33-29)10-5-16-38-22-6-4-7-23(38)12-11-22/h2-3,8-9,13,15,20-23,39H,4,6-7,11-12,14,16-19H2,1H3,(H2,31,35)/t21-,22?,23?/m1/s1. The molecule has 1 aromatic carbocycles. The first-order valence-corrected chi connectivity index (χ1v) is 14.1. The number of anilines is 3. The smallest absolute Gasteiger partial charge is 0.206 e. The van der Waals surface area contributed by atoms with Gasteiger partial charge in [0.05, 0.1) is 17.9 Å². The third-order valence-corrected chi connectivity index (χ3v) is 8.52. The topological polar surface area (TPSA) is 108 Å². The van der Waals surface area contributed by atoms with E-state index in [-0.39, 0.29) is 11.8 Å². The van der Waals surface area contributed by atoms with Crippen LogP contribution in [0.2, 0.25) is 0 Å². The minimum atomic E-state index is 0.170. The normalized spacial score (nSPS) is 23.3. The third-order valence-electron chi connectivity index (χ3n) is 8.52. The van der Waals surface area contributed by atoms with E-state index >= 15 is 0 Å². The van der Waals surface area contributed by atoms with Gasteiger partial charge in [-0.2, -0.15) is 0 Å². The van der Waals surface area contributed by atoms with E-state index in [1.165, 1.54) is 32.1 Å². The lowest BCUT2D eigenvalue weighted by atomic mass is 10.0. The Morgan fingerprint density at radius 3 is 2.64 bits per heavy atom. The molecule has 0 amide bonds. The molecule has 0 radical (unpaired) electrons. The first kappa shape index (κ1) is 25.4. The SMILES string of the molecule is C[C@@H]1CCN(c2cc(-c3ccccc3O)nnc2N)CCN1c1ccnc(C#CCN2C3CCCC2CC3)n1. The molecule has 0 saturated carbocycles. The number of phenols is 1. The summed E-state index contributed by atoms with van der Waals surface area (Å²) in [6.07, 6.45) is 9.36. The van der Waals surface area contributed by atoms with Gasteiger partial charge < -0.3 is 20.6 Å². The Morgan fingerprint density at radius 1 is 1.00 bits per heavy atom. The fourth-order valence-electron chi connectivity index (χ4n) is 6.37. The highest BCUT2D eigenvalue weighted by Crippen LogP contribution is 2.35. The van der Waals surface area contributed by atoms with Crippen LogP contribution >= 0.6 is 0 Å². The lowest BCUT2D eigenvalue weighted by molar-refractivity contribution is 0.160. The third kappa shape index (κ3) is 5.34. The molecule has 2 unspecified atom stereocenters. The summed E-state index contributed by atoms with van der Waals surface area (Å²) in [6, 6.07) is 12.7. The molecule has 0 aliphatic carbocycles. The van der Waals surface area contributed by atoms with Crippen molar-refractivity contribution in [2.45, 2.75) is 63.6 Å². The van der Waals surface area contributed by atoms with Gasteiger partial charge in [-0.3, -0.25) is 4.90 Å². The Kier molecular flexibility index (Phi) is 7.20. The second-order valence-electron chi connectivity index (χ2n) is 10.9. The molecule has 9 nitrogen and oxygen atoms in total. The molecule has 5 heterocycles. The minimum absolute atomic E-state index is 0.170. The molecule has 3 aromatic rings. The number of hydrogen-bond acceptors (Lipinski definition) is 9. The van der Waals surface area contributed by atoms with Gasteiger partial charge in [0.25, 0.3) is 0 Å². The first-order valence-electron chi connectivity index (χ1n) is 14.1. The molecule has 3 atom stereocenters. The number of para-hydroxylation sites is 1. The Balaban J connectivity index is 1.16. The van der Waals surface area contributed by atoms with Crippen molar-refractivity contribution in [3.8, 4) is 28.8 Å². The fraction of sp³-hybridized carbons (Fsp3) is 0.467. The average Bonchev–Trinajstić information content (AvgIpc) is 3.09. The van der Waals surface area contributed by atoms with E-state index in [0.29, 0.717) is 35.0 Å². The van der Waals surface area contributed by atoms with Crippen molar-refractivity contribution in [1.29, 1.82) is 0 Å². The van der Waals surface area contributed by atoms with Gasteiger partial charge in [-0.05, 0) is 69.2 Å². The van der Waals surface area contributed by atoms with E-state index in [0.717, 1.165) is 44.1 Å². The number of nitrogens with two attached hydrogens (primary N) is 1. The van der Waals surface area contributed by atoms with Crippen molar-refractivity contribution in [2.75, 3.05) is 41.7 Å². The number of benzene rings is 1. The predicted molar refractivity (Wildman–Crippen MR) is 153 cm³/mol. The van der Waals surface area contributed by atoms with Gasteiger partial charge in [-0.1, -0.05) is 24.5 Å². The van der Waals surface area contributed by atoms with Crippen LogP contribution in [0.3, 0.4) is 0 Å². The van der Waals surface area contributed by atoms with Crippen molar-refractivity contribution in [3.63, 3.8) is 0 Å². The first-order chi connectivity index (χ1) is 19.1. The monoisotopic (exact) mass is 524 g/mol. The maximum Gasteiger partial charge on any atom is 0.206 e. The summed E-state index contributed by atoms with van der Waals surface area (Å²) >= 11 is 0. The molecule has 2 bridgehead atoms. The van der Waals surface area contributed by atoms with E-state index in [9.17, 15) is 5.11 Å². The molecule has 6 rings (SSSR count). The zero-order valence-electron chi connectivity index (χ0n) is 22.5. The van der Waals surface area contributed by atoms with Crippen LogP contribution in [-0.2, 0) is 0 Å². The fourth-order valence-corrected chi connectivity index (χ4v) is 6.37. The second-order valence-corrected chi connectivity index (χ2v) is 10.9. The molecule has 39 heavy (non-hydrogen) atoms. The van der Waals surface area contributed by atoms with Gasteiger partial charge in [-0.25, -0.2) is 9.97 Å². The Bertz CT molecular complexity index is 1370. The van der Waals surface area contributed by atoms with Crippen molar-refractivity contribution in [3.05, 3.63) is 48.4 Å². The quantitative estimate of drug-likeness (QED) is 0.494. The second kappa shape index (κ2) is 11.1. The highest BCUT2D eigenvalue weighted by Gasteiger charge is 2.35. The summed E-state index contributed by atoms with van der Waals surface area (Å²) in [6.45, 7) is 5.38. The van der Waals surface area contributed by atoms with Crippen molar-refractivity contribution >= 4 is 17.3 Å². The van der Waals surface area contributed by atoms with Crippen LogP contribution in [-0.4, -0.2) is 74.5 Å². The molecule has 3 aliphatic heterocycles. The van der Waals surface area contributed by atoms with E-state index in [4.69, 9.17) is 10.7 Å². The largest absolute Gasteiger partial charge is 0.507 e. The van der Waals surface area contributed by atoms with Crippen LogP contribution in [0.5, 0.6) is 5.75 Å². The maximum atomic E-state index is 10.3. The number of nitrogen functional groups attached to an aromatic ring is 1. The van der Waals surface area contributed by atoms with Crippen molar-refractivity contribution < 1.29 is 5.11 Å². The molecule has 3 N–H and O–H groups in total. The number of aromatic nitrogens is 4. The van der Waals surface area contributed by atoms with E-state index in [1.807, 2.05) is 30.5 Å². The molecule has 202 valence electrons. The molecule has 3 aliphatic rings. The zero-order valence-corrected chi connectivity index (χ0v) is 22.5. The highest BCUT2D eigenvalue weighted by atomic mass is 16.3. The molecular weight excluding hydrogens is 488 g/mol. The maximum absolute atomic E-state index is 10.3. The molecule has 3 saturated heterocycles. The number of piperidine rings is 1. The minimum Gasteiger partial charge on any atom is -0.507 e. The number of aromatic hydroxyl groups is 1. The van der Waals surface area contributed by atoms with Crippen LogP contribution in [0, 0.1) is 11.8 Å². The lowest BCUT2D eigenvalue weighted by Gasteiger charge is -2.32. The Hall–Kier alpha value is -3.90. The van der Waals surface area contributed by atoms with Gasteiger partial charge in [-0.15, -0.1) is 10.2 Å². The predicted octanol–water partition coefficient (Wildman–Crippen LogP) is 3.70. The van der Waals surface area contributed by atoms with E-state index in [1.54, 1.807) is 12.1 Å². The number of hydrogen-bond donors (Lipinski definition) is 2. The van der Waals surface area contributed by atoms with Crippen LogP contribution in [0.25, 0.3) is 11.3 Å². The van der Waals surface area contributed by atoms with Crippen molar-refractivity contribution in [1.82, 2.24) is 25.1 Å². The lowest BCUT2D eigenvalue weighted by Crippen LogP contribution is -2.39. The number of phenolic OH excluding ortho intramolecular Hbond substituents is 1. The highest BCUT2D eigenvalue weighted by molar-refractivity contribution is 5.74. The summed E-state index contributed by atoms with van der Waals surface area (Å²) < 4.78 is 0. The average molecular weight is 525 g/mol. The summed E-state index contributed by atoms with van der Waals surface area (Å²) in [5, 5.41) is 18.7. The van der Waals surface area contributed by atoms with Crippen LogP contribution in [0.15, 0.2) is 42.6 Å². The molecule has 3 fully saturated rings. The molecular formula is C30H36N8O. The van der Waals surface area contributed by atoms with Crippen LogP contribution in [0.1, 0.15) is 51.3 Å². The summed E-state index contributed by atoms with van der Waals surface area (Å²) in [7, 11) is 0. The van der Waals surface area contributed by atoms with Crippen LogP contribution in [0.4, 0.5) is 17.3 Å². The summed E-state index contributed by atoms with van der Waals surface area (Å²) in [4.78, 5) is 16.4. The van der Waals surface area contributed by atoms with Gasteiger partial charge >= 0.3 is 0 Å². The molecule has 9 heteroatoms. The van der Waals surface area contributed by atoms with Gasteiger partial charge in [0, 0.05) is 49.5 Å². The van der Waals surface area contributed by atoms with Gasteiger partial charge in [0.2, 0.25) is 5.82 Å². The van der Waals surface area contributed by atoms with Crippen molar-refractivity contribution in [2.24, 2.45) is 0 Å². The summed E-state index contributed by atoms with van der Waals surface area (Å²) in [5.41, 5.74) is 8.35. The van der Waals surface area contributed by atoms with E-state index < -0.39 is 0 Å². The molecule has 0 spiro atoms. The van der Waals surface area contributed by atoms with Crippen LogP contribution < -0.4 is 15.5 Å². The van der Waals surface area contributed by atoms with Gasteiger partial charge in [0.1, 0.15) is 11.6 Å². The number of nitrogens with zero attached hydrogens (tertiary/aromatic N) is 7. The number of rotatable bonds is 4. The van der Waals surface area contributed by atoms with Gasteiger partial charge in [0.15, 0.2) is 5.82 Å². The van der Waals surface area contributed by atoms with E-state index in [2.05, 4.69) is 48.6 Å². The summed E-state index contributed by atoms with van der Waals surface area (Å²) in [5.74, 6) is 8.64. The number of fused-ring (bicyclic) bond motifs is 2. The molecule has 2 aromatic heterocycles.